The Morgan fingerprint density at radius 1 is 0.939 bits per heavy atom. The first-order chi connectivity index (χ1) is 15.6. The van der Waals surface area contributed by atoms with Crippen molar-refractivity contribution in [1.82, 2.24) is 16.1 Å². The molecule has 9 nitrogen and oxygen atoms in total. The van der Waals surface area contributed by atoms with Gasteiger partial charge in [0.1, 0.15) is 6.04 Å². The maximum atomic E-state index is 13.0. The molecule has 2 aromatic rings. The molecule has 9 heteroatoms. The Labute approximate surface area is 193 Å². The fourth-order valence-electron chi connectivity index (χ4n) is 3.54. The first-order valence-electron chi connectivity index (χ1n) is 10.9. The van der Waals surface area contributed by atoms with E-state index in [4.69, 9.17) is 10.9 Å². The zero-order valence-electron chi connectivity index (χ0n) is 19.1. The Morgan fingerprint density at radius 2 is 1.61 bits per heavy atom. The monoisotopic (exact) mass is 456 g/mol. The van der Waals surface area contributed by atoms with Gasteiger partial charge in [0.25, 0.3) is 0 Å². The van der Waals surface area contributed by atoms with Crippen LogP contribution in [0.3, 0.4) is 0 Å². The first-order valence-corrected chi connectivity index (χ1v) is 10.9. The van der Waals surface area contributed by atoms with E-state index in [2.05, 4.69) is 10.6 Å². The van der Waals surface area contributed by atoms with Gasteiger partial charge in [0.05, 0.1) is 6.04 Å². The smallest absolute Gasteiger partial charge is 0.249 e. The van der Waals surface area contributed by atoms with Crippen LogP contribution in [0, 0.1) is 11.8 Å². The summed E-state index contributed by atoms with van der Waals surface area (Å²) < 4.78 is 0. The van der Waals surface area contributed by atoms with Crippen LogP contribution in [0.15, 0.2) is 42.5 Å². The highest BCUT2D eigenvalue weighted by Crippen LogP contribution is 2.19. The number of benzene rings is 2. The summed E-state index contributed by atoms with van der Waals surface area (Å²) in [6, 6.07) is 11.5. The number of fused-ring (bicyclic) bond motifs is 1. The van der Waals surface area contributed by atoms with Gasteiger partial charge in [-0.1, -0.05) is 56.3 Å². The number of nitrogens with one attached hydrogen (secondary N) is 3. The number of hydrogen-bond acceptors (Lipinski definition) is 6. The third-order valence-corrected chi connectivity index (χ3v) is 5.23. The van der Waals surface area contributed by atoms with Crippen LogP contribution in [0.4, 0.5) is 0 Å². The van der Waals surface area contributed by atoms with Gasteiger partial charge in [0.2, 0.25) is 23.6 Å². The predicted molar refractivity (Wildman–Crippen MR) is 124 cm³/mol. The lowest BCUT2D eigenvalue weighted by Crippen LogP contribution is -2.53. The van der Waals surface area contributed by atoms with Crippen LogP contribution in [0.25, 0.3) is 10.8 Å². The Hall–Kier alpha value is -3.30. The SMILES string of the molecule is CC(C)CC(CC(=O)NO)C(=O)N[C@@H](Cc1ccc2ccccc2c1)C(=O)NC(=O)C(C)N. The second-order valence-corrected chi connectivity index (χ2v) is 8.65. The summed E-state index contributed by atoms with van der Waals surface area (Å²) in [5, 5.41) is 15.8. The number of imide groups is 1. The average molecular weight is 457 g/mol. The minimum Gasteiger partial charge on any atom is -0.344 e. The van der Waals surface area contributed by atoms with Gasteiger partial charge in [-0.05, 0) is 35.6 Å². The van der Waals surface area contributed by atoms with Gasteiger partial charge in [-0.2, -0.15) is 0 Å². The number of nitrogens with two attached hydrogens (primary N) is 1. The molecule has 2 aromatic carbocycles. The molecule has 0 heterocycles. The molecule has 0 aromatic heterocycles. The standard InChI is InChI=1S/C24H32N4O5/c1-14(2)10-19(13-21(29)28-33)23(31)26-20(24(32)27-22(30)15(3)25)12-16-8-9-17-6-4-5-7-18(17)11-16/h4-9,11,14-15,19-20,33H,10,12-13,25H2,1-3H3,(H,26,31)(H,28,29)(H,27,30,32)/t15?,19?,20-/m0/s1. The second kappa shape index (κ2) is 12.1. The molecule has 0 saturated heterocycles. The van der Waals surface area contributed by atoms with Crippen molar-refractivity contribution in [1.29, 1.82) is 0 Å². The Bertz CT molecular complexity index is 1010. The second-order valence-electron chi connectivity index (χ2n) is 8.65. The molecule has 0 saturated carbocycles. The topological polar surface area (TPSA) is 151 Å². The summed E-state index contributed by atoms with van der Waals surface area (Å²) >= 11 is 0. The lowest BCUT2D eigenvalue weighted by molar-refractivity contribution is -0.137. The third kappa shape index (κ3) is 7.96. The number of hydroxylamine groups is 1. The van der Waals surface area contributed by atoms with E-state index < -0.39 is 41.6 Å². The van der Waals surface area contributed by atoms with Crippen LogP contribution >= 0.6 is 0 Å². The minimum atomic E-state index is -1.06. The average Bonchev–Trinajstić information content (AvgIpc) is 2.77. The van der Waals surface area contributed by atoms with E-state index in [9.17, 15) is 19.2 Å². The van der Waals surface area contributed by atoms with E-state index in [-0.39, 0.29) is 18.8 Å². The molecule has 0 aliphatic heterocycles. The minimum absolute atomic E-state index is 0.0969. The molecule has 0 aliphatic rings. The van der Waals surface area contributed by atoms with E-state index in [1.54, 1.807) is 0 Å². The highest BCUT2D eigenvalue weighted by atomic mass is 16.5. The molecule has 0 spiro atoms. The van der Waals surface area contributed by atoms with Crippen LogP contribution in [0.2, 0.25) is 0 Å². The molecule has 0 aliphatic carbocycles. The molecule has 0 bridgehead atoms. The first kappa shape index (κ1) is 26.0. The summed E-state index contributed by atoms with van der Waals surface area (Å²) in [7, 11) is 0. The van der Waals surface area contributed by atoms with Gasteiger partial charge in [-0.15, -0.1) is 0 Å². The molecule has 2 rings (SSSR count). The molecule has 6 N–H and O–H groups in total. The van der Waals surface area contributed by atoms with Crippen molar-refractivity contribution < 1.29 is 24.4 Å². The van der Waals surface area contributed by atoms with Crippen LogP contribution in [-0.2, 0) is 25.6 Å². The maximum Gasteiger partial charge on any atom is 0.249 e. The van der Waals surface area contributed by atoms with E-state index >= 15 is 0 Å². The zero-order chi connectivity index (χ0) is 24.5. The Morgan fingerprint density at radius 3 is 2.21 bits per heavy atom. The molecule has 0 radical (unpaired) electrons. The van der Waals surface area contributed by atoms with Crippen molar-refractivity contribution in [3.8, 4) is 0 Å². The number of rotatable bonds is 10. The van der Waals surface area contributed by atoms with Gasteiger partial charge < -0.3 is 11.1 Å². The summed E-state index contributed by atoms with van der Waals surface area (Å²) in [6.07, 6.45) is 0.279. The molecule has 4 amide bonds. The van der Waals surface area contributed by atoms with Gasteiger partial charge in [0.15, 0.2) is 0 Å². The Balaban J connectivity index is 2.27. The zero-order valence-corrected chi connectivity index (χ0v) is 19.1. The number of hydrogen-bond donors (Lipinski definition) is 5. The highest BCUT2D eigenvalue weighted by Gasteiger charge is 2.29. The number of amides is 4. The molecular weight excluding hydrogens is 424 g/mol. The maximum absolute atomic E-state index is 13.0. The molecule has 33 heavy (non-hydrogen) atoms. The fourth-order valence-corrected chi connectivity index (χ4v) is 3.54. The summed E-state index contributed by atoms with van der Waals surface area (Å²) in [6.45, 7) is 5.25. The van der Waals surface area contributed by atoms with Gasteiger partial charge in [-0.3, -0.25) is 29.7 Å². The van der Waals surface area contributed by atoms with Crippen molar-refractivity contribution in [3.05, 3.63) is 48.0 Å². The summed E-state index contributed by atoms with van der Waals surface area (Å²) in [5.41, 5.74) is 7.88. The quantitative estimate of drug-likeness (QED) is 0.269. The van der Waals surface area contributed by atoms with Gasteiger partial charge in [-0.25, -0.2) is 5.48 Å². The fraction of sp³-hybridized carbons (Fsp3) is 0.417. The normalized spacial score (nSPS) is 13.8. The van der Waals surface area contributed by atoms with Gasteiger partial charge >= 0.3 is 0 Å². The third-order valence-electron chi connectivity index (χ3n) is 5.23. The molecule has 178 valence electrons. The lowest BCUT2D eigenvalue weighted by atomic mass is 9.92. The van der Waals surface area contributed by atoms with E-state index in [1.165, 1.54) is 12.4 Å². The van der Waals surface area contributed by atoms with Crippen LogP contribution in [0.5, 0.6) is 0 Å². The Kier molecular flexibility index (Phi) is 9.50. The largest absolute Gasteiger partial charge is 0.344 e. The summed E-state index contributed by atoms with van der Waals surface area (Å²) in [5.74, 6) is -3.21. The molecular formula is C24H32N4O5. The van der Waals surface area contributed by atoms with Crippen molar-refractivity contribution in [3.63, 3.8) is 0 Å². The van der Waals surface area contributed by atoms with Gasteiger partial charge in [0, 0.05) is 18.8 Å². The van der Waals surface area contributed by atoms with Crippen LogP contribution < -0.4 is 21.8 Å². The lowest BCUT2D eigenvalue weighted by Gasteiger charge is -2.23. The van der Waals surface area contributed by atoms with E-state index in [1.807, 2.05) is 56.3 Å². The number of carbonyl (C=O) groups is 4. The van der Waals surface area contributed by atoms with Crippen LogP contribution in [0.1, 0.15) is 39.2 Å². The molecule has 0 fully saturated rings. The number of carbonyl (C=O) groups excluding carboxylic acids is 4. The van der Waals surface area contributed by atoms with Crippen LogP contribution in [-0.4, -0.2) is 40.9 Å². The molecule has 2 unspecified atom stereocenters. The van der Waals surface area contributed by atoms with E-state index in [0.29, 0.717) is 6.42 Å². The van der Waals surface area contributed by atoms with Crippen molar-refractivity contribution in [2.75, 3.05) is 0 Å². The predicted octanol–water partition coefficient (Wildman–Crippen LogP) is 1.41. The highest BCUT2D eigenvalue weighted by molar-refractivity contribution is 6.01. The van der Waals surface area contributed by atoms with Crippen molar-refractivity contribution >= 4 is 34.4 Å². The summed E-state index contributed by atoms with van der Waals surface area (Å²) in [4.78, 5) is 49.5. The molecule has 3 atom stereocenters. The van der Waals surface area contributed by atoms with E-state index in [0.717, 1.165) is 16.3 Å². The van der Waals surface area contributed by atoms with Crippen molar-refractivity contribution in [2.24, 2.45) is 17.6 Å². The van der Waals surface area contributed by atoms with Crippen molar-refractivity contribution in [2.45, 2.75) is 52.1 Å².